The lowest BCUT2D eigenvalue weighted by atomic mass is 10.1. The van der Waals surface area contributed by atoms with Crippen LogP contribution in [0.2, 0.25) is 0 Å². The summed E-state index contributed by atoms with van der Waals surface area (Å²) in [7, 11) is 0. The second kappa shape index (κ2) is 46.0. The number of carbonyl (C=O) groups excluding carboxylic acids is 3. The average Bonchev–Trinajstić information content (AvgIpc) is 3.22. The standard InChI is InChI=1S/C52H84O6/c1-4-7-10-13-16-19-22-24-25-26-27-29-30-33-36-39-42-45-51(54)57-48-49(47-56-50(53)44-41-38-35-32-21-18-15-12-9-6-3)58-52(55)46-43-40-37-34-31-28-23-20-17-14-11-8-5-2/h8,11,14-20,23-25,27,29,33,36,49H,4-7,9-10,12-13,21-22,26,28,30-32,34-35,37-48H2,1-3H3/b11-8-,17-14-,18-15-,19-16-,23-20-,25-24-,29-27-,36-33-. The number of allylic oxidation sites excluding steroid dienone is 16. The van der Waals surface area contributed by atoms with E-state index in [1.807, 2.05) is 6.08 Å². The Bertz CT molecular complexity index is 1200. The maximum atomic E-state index is 12.7. The molecule has 0 heterocycles. The van der Waals surface area contributed by atoms with Gasteiger partial charge in [0, 0.05) is 19.3 Å². The van der Waals surface area contributed by atoms with Gasteiger partial charge in [-0.1, -0.05) is 176 Å². The molecule has 0 aromatic carbocycles. The Hall–Kier alpha value is -3.67. The molecule has 0 aliphatic heterocycles. The minimum atomic E-state index is -0.813. The van der Waals surface area contributed by atoms with Gasteiger partial charge in [0.2, 0.25) is 0 Å². The van der Waals surface area contributed by atoms with Crippen molar-refractivity contribution in [3.63, 3.8) is 0 Å². The van der Waals surface area contributed by atoms with E-state index < -0.39 is 6.10 Å². The van der Waals surface area contributed by atoms with Crippen LogP contribution in [0.25, 0.3) is 0 Å². The first-order valence-corrected chi connectivity index (χ1v) is 23.3. The Morgan fingerprint density at radius 3 is 1.33 bits per heavy atom. The van der Waals surface area contributed by atoms with Gasteiger partial charge < -0.3 is 14.2 Å². The van der Waals surface area contributed by atoms with Crippen molar-refractivity contribution >= 4 is 17.9 Å². The summed E-state index contributed by atoms with van der Waals surface area (Å²) in [5, 5.41) is 0. The van der Waals surface area contributed by atoms with Gasteiger partial charge in [-0.15, -0.1) is 0 Å². The van der Waals surface area contributed by atoms with Gasteiger partial charge in [0.1, 0.15) is 13.2 Å². The minimum Gasteiger partial charge on any atom is -0.462 e. The van der Waals surface area contributed by atoms with E-state index in [2.05, 4.69) is 112 Å². The summed E-state index contributed by atoms with van der Waals surface area (Å²) in [5.74, 6) is -1.01. The van der Waals surface area contributed by atoms with E-state index >= 15 is 0 Å². The Kier molecular flexibility index (Phi) is 43.1. The molecule has 0 radical (unpaired) electrons. The van der Waals surface area contributed by atoms with E-state index in [-0.39, 0.29) is 44.0 Å². The summed E-state index contributed by atoms with van der Waals surface area (Å²) in [5.41, 5.74) is 0. The molecule has 58 heavy (non-hydrogen) atoms. The fraction of sp³-hybridized carbons (Fsp3) is 0.635. The Morgan fingerprint density at radius 1 is 0.379 bits per heavy atom. The summed E-state index contributed by atoms with van der Waals surface area (Å²) in [6.45, 7) is 6.33. The zero-order valence-corrected chi connectivity index (χ0v) is 37.3. The second-order valence-corrected chi connectivity index (χ2v) is 15.0. The van der Waals surface area contributed by atoms with E-state index in [4.69, 9.17) is 14.2 Å². The SMILES string of the molecule is CC\C=C/C=C\C=C/CCCCCCCC(=O)OC(COC(=O)CCC/C=C\C/C=C\C/C=C\C/C=C\CCCCC)COC(=O)CCCCCC/C=C\CCCC. The normalized spacial score (nSPS) is 12.9. The molecule has 6 nitrogen and oxygen atoms in total. The van der Waals surface area contributed by atoms with Crippen molar-refractivity contribution in [2.24, 2.45) is 0 Å². The van der Waals surface area contributed by atoms with Crippen molar-refractivity contribution in [2.75, 3.05) is 13.2 Å². The molecular weight excluding hydrogens is 721 g/mol. The smallest absolute Gasteiger partial charge is 0.306 e. The van der Waals surface area contributed by atoms with Gasteiger partial charge in [-0.2, -0.15) is 0 Å². The monoisotopic (exact) mass is 805 g/mol. The maximum absolute atomic E-state index is 12.7. The summed E-state index contributed by atoms with van der Waals surface area (Å²) in [4.78, 5) is 37.7. The predicted molar refractivity (Wildman–Crippen MR) is 247 cm³/mol. The zero-order valence-electron chi connectivity index (χ0n) is 37.3. The Balaban J connectivity index is 4.52. The van der Waals surface area contributed by atoms with Crippen molar-refractivity contribution < 1.29 is 28.6 Å². The van der Waals surface area contributed by atoms with Crippen molar-refractivity contribution in [3.05, 3.63) is 97.2 Å². The van der Waals surface area contributed by atoms with E-state index in [9.17, 15) is 14.4 Å². The third-order valence-corrected chi connectivity index (χ3v) is 9.35. The predicted octanol–water partition coefficient (Wildman–Crippen LogP) is 15.0. The highest BCUT2D eigenvalue weighted by Crippen LogP contribution is 2.12. The van der Waals surface area contributed by atoms with Gasteiger partial charge in [0.25, 0.3) is 0 Å². The molecule has 0 aromatic rings. The molecule has 0 rings (SSSR count). The van der Waals surface area contributed by atoms with Crippen LogP contribution in [-0.2, 0) is 28.6 Å². The van der Waals surface area contributed by atoms with Crippen LogP contribution in [0.4, 0.5) is 0 Å². The molecule has 0 fully saturated rings. The number of hydrogen-bond donors (Lipinski definition) is 0. The fourth-order valence-electron chi connectivity index (χ4n) is 5.82. The Labute approximate surface area is 356 Å². The second-order valence-electron chi connectivity index (χ2n) is 15.0. The van der Waals surface area contributed by atoms with E-state index in [0.717, 1.165) is 109 Å². The molecule has 6 heteroatoms. The molecule has 0 bridgehead atoms. The van der Waals surface area contributed by atoms with Crippen LogP contribution < -0.4 is 0 Å². The number of carbonyl (C=O) groups is 3. The van der Waals surface area contributed by atoms with Crippen LogP contribution in [-0.4, -0.2) is 37.2 Å². The van der Waals surface area contributed by atoms with E-state index in [0.29, 0.717) is 12.8 Å². The van der Waals surface area contributed by atoms with Gasteiger partial charge in [-0.05, 0) is 96.3 Å². The molecule has 0 saturated heterocycles. The van der Waals surface area contributed by atoms with E-state index in [1.54, 1.807) is 0 Å². The highest BCUT2D eigenvalue weighted by molar-refractivity contribution is 5.71. The first-order valence-electron chi connectivity index (χ1n) is 23.3. The van der Waals surface area contributed by atoms with Gasteiger partial charge in [0.15, 0.2) is 6.10 Å². The van der Waals surface area contributed by atoms with Crippen molar-refractivity contribution in [3.8, 4) is 0 Å². The molecule has 1 atom stereocenters. The molecule has 0 aliphatic rings. The summed E-state index contributed by atoms with van der Waals surface area (Å²) in [6, 6.07) is 0. The van der Waals surface area contributed by atoms with Crippen LogP contribution in [0.3, 0.4) is 0 Å². The molecule has 0 aliphatic carbocycles. The first-order chi connectivity index (χ1) is 28.5. The number of unbranched alkanes of at least 4 members (excludes halogenated alkanes) is 15. The number of esters is 3. The van der Waals surface area contributed by atoms with Crippen LogP contribution in [0.1, 0.15) is 194 Å². The maximum Gasteiger partial charge on any atom is 0.306 e. The lowest BCUT2D eigenvalue weighted by molar-refractivity contribution is -0.167. The lowest BCUT2D eigenvalue weighted by Crippen LogP contribution is -2.30. The molecule has 328 valence electrons. The van der Waals surface area contributed by atoms with Crippen LogP contribution in [0.15, 0.2) is 97.2 Å². The van der Waals surface area contributed by atoms with Crippen LogP contribution in [0, 0.1) is 0 Å². The highest BCUT2D eigenvalue weighted by Gasteiger charge is 2.19. The quantitative estimate of drug-likeness (QED) is 0.0202. The number of rotatable bonds is 40. The summed E-state index contributed by atoms with van der Waals surface area (Å²) < 4.78 is 16.6. The van der Waals surface area contributed by atoms with Crippen LogP contribution in [0.5, 0.6) is 0 Å². The molecule has 0 aromatic heterocycles. The van der Waals surface area contributed by atoms with Crippen molar-refractivity contribution in [1.82, 2.24) is 0 Å². The number of hydrogen-bond acceptors (Lipinski definition) is 6. The topological polar surface area (TPSA) is 78.9 Å². The zero-order chi connectivity index (χ0) is 42.3. The van der Waals surface area contributed by atoms with Crippen molar-refractivity contribution in [1.29, 1.82) is 0 Å². The first kappa shape index (κ1) is 54.3. The summed E-state index contributed by atoms with van der Waals surface area (Å²) in [6.07, 6.45) is 59.7. The largest absolute Gasteiger partial charge is 0.462 e. The molecule has 0 saturated carbocycles. The van der Waals surface area contributed by atoms with Gasteiger partial charge in [0.05, 0.1) is 0 Å². The fourth-order valence-corrected chi connectivity index (χ4v) is 5.82. The third-order valence-electron chi connectivity index (χ3n) is 9.35. The molecular formula is C52H84O6. The average molecular weight is 805 g/mol. The van der Waals surface area contributed by atoms with Crippen LogP contribution >= 0.6 is 0 Å². The highest BCUT2D eigenvalue weighted by atomic mass is 16.6. The van der Waals surface area contributed by atoms with Gasteiger partial charge in [-0.3, -0.25) is 14.4 Å². The molecule has 0 amide bonds. The van der Waals surface area contributed by atoms with Gasteiger partial charge in [-0.25, -0.2) is 0 Å². The minimum absolute atomic E-state index is 0.111. The summed E-state index contributed by atoms with van der Waals surface area (Å²) >= 11 is 0. The molecule has 1 unspecified atom stereocenters. The van der Waals surface area contributed by atoms with E-state index in [1.165, 1.54) is 38.5 Å². The molecule has 0 spiro atoms. The number of ether oxygens (including phenoxy) is 3. The third kappa shape index (κ3) is 43.5. The Morgan fingerprint density at radius 2 is 0.776 bits per heavy atom. The van der Waals surface area contributed by atoms with Crippen molar-refractivity contribution in [2.45, 2.75) is 200 Å². The molecule has 0 N–H and O–H groups in total. The van der Waals surface area contributed by atoms with Gasteiger partial charge >= 0.3 is 17.9 Å². The lowest BCUT2D eigenvalue weighted by Gasteiger charge is -2.18.